The lowest BCUT2D eigenvalue weighted by Crippen LogP contribution is -2.19. The topological polar surface area (TPSA) is 55.1 Å². The molecule has 1 aromatic heterocycles. The van der Waals surface area contributed by atoms with Gasteiger partial charge in [-0.1, -0.05) is 53.7 Å². The minimum Gasteiger partial charge on any atom is -0.476 e. The van der Waals surface area contributed by atoms with Gasteiger partial charge in [0.15, 0.2) is 5.69 Å². The molecule has 0 aliphatic carbocycles. The molecule has 0 atom stereocenters. The van der Waals surface area contributed by atoms with Gasteiger partial charge in [-0.05, 0) is 30.0 Å². The predicted molar refractivity (Wildman–Crippen MR) is 92.7 cm³/mol. The van der Waals surface area contributed by atoms with Crippen molar-refractivity contribution < 1.29 is 9.90 Å². The van der Waals surface area contributed by atoms with E-state index in [2.05, 4.69) is 58.8 Å². The number of hydrogen-bond donors (Lipinski definition) is 1. The molecule has 23 heavy (non-hydrogen) atoms. The van der Waals surface area contributed by atoms with Gasteiger partial charge in [0.2, 0.25) is 0 Å². The second-order valence-corrected chi connectivity index (χ2v) is 8.09. The van der Waals surface area contributed by atoms with Crippen LogP contribution in [0.5, 0.6) is 0 Å². The summed E-state index contributed by atoms with van der Waals surface area (Å²) < 4.78 is 1.77. The summed E-state index contributed by atoms with van der Waals surface area (Å²) in [6, 6.07) is 8.18. The Morgan fingerprint density at radius 3 is 1.91 bits per heavy atom. The Kier molecular flexibility index (Phi) is 4.14. The number of carboxylic acids is 1. The highest BCUT2D eigenvalue weighted by molar-refractivity contribution is 5.87. The number of aromatic nitrogens is 2. The van der Waals surface area contributed by atoms with Gasteiger partial charge >= 0.3 is 5.97 Å². The van der Waals surface area contributed by atoms with Crippen LogP contribution in [0.4, 0.5) is 0 Å². The van der Waals surface area contributed by atoms with E-state index in [4.69, 9.17) is 0 Å². The van der Waals surface area contributed by atoms with Crippen molar-refractivity contribution in [2.45, 2.75) is 59.3 Å². The summed E-state index contributed by atoms with van der Waals surface area (Å²) in [5, 5.41) is 13.7. The van der Waals surface area contributed by atoms with Gasteiger partial charge in [0, 0.05) is 11.0 Å². The number of carbonyl (C=O) groups is 1. The van der Waals surface area contributed by atoms with Crippen molar-refractivity contribution in [1.82, 2.24) is 9.78 Å². The summed E-state index contributed by atoms with van der Waals surface area (Å²) >= 11 is 0. The first-order chi connectivity index (χ1) is 10.4. The van der Waals surface area contributed by atoms with Crippen molar-refractivity contribution >= 4 is 5.97 Å². The Balaban J connectivity index is 2.63. The molecule has 2 aromatic rings. The molecule has 0 radical (unpaired) electrons. The number of nitrogens with zero attached hydrogens (tertiary/aromatic N) is 2. The van der Waals surface area contributed by atoms with Crippen LogP contribution in [0.15, 0.2) is 24.3 Å². The first-order valence-corrected chi connectivity index (χ1v) is 7.87. The van der Waals surface area contributed by atoms with Crippen molar-refractivity contribution in [1.29, 1.82) is 0 Å². The van der Waals surface area contributed by atoms with E-state index in [1.165, 1.54) is 5.56 Å². The Morgan fingerprint density at radius 2 is 1.52 bits per heavy atom. The highest BCUT2D eigenvalue weighted by Crippen LogP contribution is 2.31. The molecule has 1 heterocycles. The van der Waals surface area contributed by atoms with Gasteiger partial charge in [-0.15, -0.1) is 0 Å². The first kappa shape index (κ1) is 17.3. The molecule has 2 rings (SSSR count). The number of hydrogen-bond acceptors (Lipinski definition) is 2. The Hall–Kier alpha value is -2.10. The smallest absolute Gasteiger partial charge is 0.356 e. The summed E-state index contributed by atoms with van der Waals surface area (Å²) in [6.07, 6.45) is 0. The van der Waals surface area contributed by atoms with Crippen molar-refractivity contribution in [3.8, 4) is 5.69 Å². The third kappa shape index (κ3) is 3.31. The first-order valence-electron chi connectivity index (χ1n) is 7.87. The van der Waals surface area contributed by atoms with E-state index in [9.17, 15) is 9.90 Å². The highest BCUT2D eigenvalue weighted by Gasteiger charge is 2.28. The van der Waals surface area contributed by atoms with E-state index < -0.39 is 5.97 Å². The molecule has 0 aliphatic heterocycles. The van der Waals surface area contributed by atoms with Crippen molar-refractivity contribution in [3.05, 3.63) is 46.8 Å². The van der Waals surface area contributed by atoms with E-state index >= 15 is 0 Å². The molecular weight excluding hydrogens is 288 g/mol. The summed E-state index contributed by atoms with van der Waals surface area (Å²) in [7, 11) is 0. The average molecular weight is 314 g/mol. The van der Waals surface area contributed by atoms with E-state index in [0.29, 0.717) is 0 Å². The third-order valence-corrected chi connectivity index (χ3v) is 4.01. The standard InChI is InChI=1S/C19H26N2O2/c1-12-15(17(22)23)20-21(16(12)19(5,6)7)14-10-8-13(9-11-14)18(2,3)4/h8-11H,1-7H3,(H,22,23). The van der Waals surface area contributed by atoms with Gasteiger partial charge in [0.05, 0.1) is 11.4 Å². The molecule has 0 aliphatic rings. The maximum atomic E-state index is 11.5. The van der Waals surface area contributed by atoms with Gasteiger partial charge in [-0.2, -0.15) is 5.10 Å². The van der Waals surface area contributed by atoms with Crippen LogP contribution < -0.4 is 0 Å². The Bertz CT molecular complexity index is 726. The summed E-state index contributed by atoms with van der Waals surface area (Å²) in [5.41, 5.74) is 3.78. The zero-order chi connectivity index (χ0) is 17.6. The fourth-order valence-corrected chi connectivity index (χ4v) is 2.87. The molecule has 4 nitrogen and oxygen atoms in total. The molecule has 0 saturated carbocycles. The molecule has 0 fully saturated rings. The lowest BCUT2D eigenvalue weighted by atomic mass is 9.87. The summed E-state index contributed by atoms with van der Waals surface area (Å²) in [6.45, 7) is 14.6. The second-order valence-electron chi connectivity index (χ2n) is 8.09. The molecule has 124 valence electrons. The maximum Gasteiger partial charge on any atom is 0.356 e. The zero-order valence-corrected chi connectivity index (χ0v) is 15.1. The maximum absolute atomic E-state index is 11.5. The van der Waals surface area contributed by atoms with Crippen LogP contribution in [-0.4, -0.2) is 20.9 Å². The molecule has 1 N–H and O–H groups in total. The quantitative estimate of drug-likeness (QED) is 0.889. The SMILES string of the molecule is Cc1c(C(=O)O)nn(-c2ccc(C(C)(C)C)cc2)c1C(C)(C)C. The van der Waals surface area contributed by atoms with Crippen LogP contribution in [0.1, 0.15) is 68.9 Å². The molecule has 0 spiro atoms. The van der Waals surface area contributed by atoms with Gasteiger partial charge in [0.1, 0.15) is 0 Å². The van der Waals surface area contributed by atoms with Crippen LogP contribution in [0, 0.1) is 6.92 Å². The molecule has 0 amide bonds. The van der Waals surface area contributed by atoms with Crippen LogP contribution >= 0.6 is 0 Å². The number of benzene rings is 1. The summed E-state index contributed by atoms with van der Waals surface area (Å²) in [5.74, 6) is -0.988. The van der Waals surface area contributed by atoms with E-state index in [1.807, 2.05) is 19.1 Å². The van der Waals surface area contributed by atoms with E-state index in [1.54, 1.807) is 4.68 Å². The summed E-state index contributed by atoms with van der Waals surface area (Å²) in [4.78, 5) is 11.5. The van der Waals surface area contributed by atoms with E-state index in [-0.39, 0.29) is 16.5 Å². The number of carboxylic acid groups (broad SMARTS) is 1. The third-order valence-electron chi connectivity index (χ3n) is 4.01. The monoisotopic (exact) mass is 314 g/mol. The fourth-order valence-electron chi connectivity index (χ4n) is 2.87. The molecule has 0 unspecified atom stereocenters. The molecule has 0 bridgehead atoms. The molecule has 4 heteroatoms. The minimum absolute atomic E-state index is 0.0810. The molecule has 0 saturated heterocycles. The van der Waals surface area contributed by atoms with Crippen molar-refractivity contribution in [2.24, 2.45) is 0 Å². The average Bonchev–Trinajstić information content (AvgIpc) is 2.75. The Morgan fingerprint density at radius 1 is 1.00 bits per heavy atom. The van der Waals surface area contributed by atoms with Crippen molar-refractivity contribution in [3.63, 3.8) is 0 Å². The van der Waals surface area contributed by atoms with E-state index in [0.717, 1.165) is 16.9 Å². The minimum atomic E-state index is -0.988. The van der Waals surface area contributed by atoms with Gasteiger partial charge in [0.25, 0.3) is 0 Å². The zero-order valence-electron chi connectivity index (χ0n) is 15.1. The van der Waals surface area contributed by atoms with Crippen LogP contribution in [0.25, 0.3) is 5.69 Å². The Labute approximate surface area is 138 Å². The lowest BCUT2D eigenvalue weighted by Gasteiger charge is -2.23. The van der Waals surface area contributed by atoms with Gasteiger partial charge < -0.3 is 5.11 Å². The van der Waals surface area contributed by atoms with Crippen LogP contribution in [-0.2, 0) is 10.8 Å². The van der Waals surface area contributed by atoms with Crippen molar-refractivity contribution in [2.75, 3.05) is 0 Å². The highest BCUT2D eigenvalue weighted by atomic mass is 16.4. The van der Waals surface area contributed by atoms with Crippen LogP contribution in [0.2, 0.25) is 0 Å². The van der Waals surface area contributed by atoms with Gasteiger partial charge in [-0.25, -0.2) is 9.48 Å². The second kappa shape index (κ2) is 5.52. The van der Waals surface area contributed by atoms with Crippen LogP contribution in [0.3, 0.4) is 0 Å². The largest absolute Gasteiger partial charge is 0.476 e. The van der Waals surface area contributed by atoms with Gasteiger partial charge in [-0.3, -0.25) is 0 Å². The lowest BCUT2D eigenvalue weighted by molar-refractivity contribution is 0.0689. The molecule has 1 aromatic carbocycles. The normalized spacial score (nSPS) is 12.5. The predicted octanol–water partition coefficient (Wildman–Crippen LogP) is 4.47. The fraction of sp³-hybridized carbons (Fsp3) is 0.474. The molecular formula is C19H26N2O2. The number of aromatic carboxylic acids is 1. The number of rotatable bonds is 2.